The molecular formula is C27H30N4O2. The molecule has 3 aromatic rings. The number of fused-ring (bicyclic) bond motifs is 1. The van der Waals surface area contributed by atoms with Crippen LogP contribution in [0.5, 0.6) is 5.75 Å². The van der Waals surface area contributed by atoms with Gasteiger partial charge in [-0.25, -0.2) is 4.98 Å². The van der Waals surface area contributed by atoms with Gasteiger partial charge in [-0.2, -0.15) is 0 Å². The first kappa shape index (κ1) is 21.3. The molecule has 1 aliphatic carbocycles. The van der Waals surface area contributed by atoms with Gasteiger partial charge in [0.05, 0.1) is 5.52 Å². The fraction of sp³-hybridized carbons (Fsp3) is 0.333. The Morgan fingerprint density at radius 2 is 1.91 bits per heavy atom. The minimum Gasteiger partial charge on any atom is -0.508 e. The summed E-state index contributed by atoms with van der Waals surface area (Å²) < 4.78 is 2.13. The highest BCUT2D eigenvalue weighted by atomic mass is 16.3. The number of benzene rings is 1. The van der Waals surface area contributed by atoms with E-state index in [1.165, 1.54) is 17.2 Å². The second kappa shape index (κ2) is 8.10. The minimum absolute atomic E-state index is 0.0396. The highest BCUT2D eigenvalue weighted by Crippen LogP contribution is 2.49. The third-order valence-electron chi connectivity index (χ3n) is 7.62. The zero-order chi connectivity index (χ0) is 23.2. The molecule has 0 bridgehead atoms. The van der Waals surface area contributed by atoms with Crippen LogP contribution in [0, 0.1) is 12.3 Å². The summed E-state index contributed by atoms with van der Waals surface area (Å²) in [6.07, 6.45) is 12.7. The molecule has 33 heavy (non-hydrogen) atoms. The number of nitrogens with zero attached hydrogens (tertiary/aromatic N) is 3. The van der Waals surface area contributed by atoms with Crippen LogP contribution in [-0.2, 0) is 4.79 Å². The van der Waals surface area contributed by atoms with Crippen LogP contribution in [-0.4, -0.2) is 38.4 Å². The number of aromatic nitrogens is 2. The van der Waals surface area contributed by atoms with Crippen molar-refractivity contribution < 1.29 is 9.90 Å². The smallest absolute Gasteiger partial charge is 0.245 e. The number of likely N-dealkylation sites (tertiary alicyclic amines) is 1. The lowest BCUT2D eigenvalue weighted by molar-refractivity contribution is -0.128. The molecule has 0 atom stereocenters. The molecule has 1 fully saturated rings. The van der Waals surface area contributed by atoms with Crippen molar-refractivity contribution in [3.8, 4) is 16.9 Å². The molecule has 3 N–H and O–H groups in total. The topological polar surface area (TPSA) is 83.9 Å². The third kappa shape index (κ3) is 3.59. The molecule has 0 unspecified atom stereocenters. The lowest BCUT2D eigenvalue weighted by atomic mass is 9.68. The fourth-order valence-corrected chi connectivity index (χ4v) is 5.64. The summed E-state index contributed by atoms with van der Waals surface area (Å²) >= 11 is 0. The Kier molecular flexibility index (Phi) is 5.23. The van der Waals surface area contributed by atoms with Gasteiger partial charge in [-0.1, -0.05) is 24.8 Å². The zero-order valence-corrected chi connectivity index (χ0v) is 19.1. The van der Waals surface area contributed by atoms with Crippen LogP contribution in [0.4, 0.5) is 5.82 Å². The van der Waals surface area contributed by atoms with Crippen LogP contribution in [0.2, 0.25) is 0 Å². The summed E-state index contributed by atoms with van der Waals surface area (Å²) in [5.41, 5.74) is 13.3. The molecule has 1 spiro atoms. The van der Waals surface area contributed by atoms with Crippen molar-refractivity contribution in [1.82, 2.24) is 14.3 Å². The summed E-state index contributed by atoms with van der Waals surface area (Å²) in [4.78, 5) is 18.3. The number of aromatic hydroxyl groups is 1. The molecule has 6 heteroatoms. The lowest BCUT2D eigenvalue weighted by Crippen LogP contribution is -2.43. The van der Waals surface area contributed by atoms with Crippen LogP contribution in [0.25, 0.3) is 22.2 Å². The standard InChI is InChI=1S/C27H30N4O2/c1-3-22(33)30-15-12-27(13-16-30)10-8-20(9-11-27)23-18(2)31-17-14-29-26(28)25(31)24(23)19-4-6-21(32)7-5-19/h3-8,14,17,32H,1,9-13,15-16H2,2H3,(H2,28,29). The van der Waals surface area contributed by atoms with Crippen molar-refractivity contribution in [1.29, 1.82) is 0 Å². The number of rotatable bonds is 3. The number of carbonyl (C=O) groups excluding carboxylic acids is 1. The number of hydrogen-bond donors (Lipinski definition) is 2. The molecule has 0 radical (unpaired) electrons. The van der Waals surface area contributed by atoms with Gasteiger partial charge in [0.2, 0.25) is 5.91 Å². The van der Waals surface area contributed by atoms with Crippen LogP contribution < -0.4 is 5.73 Å². The minimum atomic E-state index is 0.0396. The van der Waals surface area contributed by atoms with Gasteiger partial charge in [0.15, 0.2) is 0 Å². The van der Waals surface area contributed by atoms with Gasteiger partial charge in [-0.05, 0) is 73.8 Å². The van der Waals surface area contributed by atoms with Crippen molar-refractivity contribution in [2.75, 3.05) is 18.8 Å². The van der Waals surface area contributed by atoms with Crippen molar-refractivity contribution in [2.24, 2.45) is 5.41 Å². The summed E-state index contributed by atoms with van der Waals surface area (Å²) in [5.74, 6) is 0.784. The van der Waals surface area contributed by atoms with Crippen molar-refractivity contribution in [3.05, 3.63) is 66.6 Å². The number of allylic oxidation sites excluding steroid dienone is 2. The molecule has 1 aromatic carbocycles. The summed E-state index contributed by atoms with van der Waals surface area (Å²) in [5, 5.41) is 9.82. The van der Waals surface area contributed by atoms with E-state index in [1.54, 1.807) is 18.3 Å². The quantitative estimate of drug-likeness (QED) is 0.562. The summed E-state index contributed by atoms with van der Waals surface area (Å²) in [6, 6.07) is 7.31. The van der Waals surface area contributed by atoms with Crippen LogP contribution in [0.3, 0.4) is 0 Å². The molecule has 170 valence electrons. The molecule has 2 aliphatic rings. The van der Waals surface area contributed by atoms with Gasteiger partial charge < -0.3 is 20.1 Å². The first-order valence-electron chi connectivity index (χ1n) is 11.6. The van der Waals surface area contributed by atoms with E-state index in [0.29, 0.717) is 5.82 Å². The number of anilines is 1. The maximum Gasteiger partial charge on any atom is 0.245 e. The Labute approximate surface area is 194 Å². The Morgan fingerprint density at radius 1 is 1.18 bits per heavy atom. The Balaban J connectivity index is 1.53. The normalized spacial score (nSPS) is 17.8. The molecule has 1 amide bonds. The van der Waals surface area contributed by atoms with E-state index in [1.807, 2.05) is 23.2 Å². The maximum atomic E-state index is 12.0. The molecule has 5 rings (SSSR count). The van der Waals surface area contributed by atoms with Crippen LogP contribution in [0.15, 0.2) is 55.4 Å². The number of aryl methyl sites for hydroxylation is 1. The SMILES string of the molecule is C=CC(=O)N1CCC2(CC=C(c3c(-c4ccc(O)cc4)c4c(N)nccn4c3C)CC2)CC1. The van der Waals surface area contributed by atoms with Gasteiger partial charge in [0.25, 0.3) is 0 Å². The first-order valence-corrected chi connectivity index (χ1v) is 11.6. The average molecular weight is 443 g/mol. The van der Waals surface area contributed by atoms with Crippen molar-refractivity contribution in [2.45, 2.75) is 39.0 Å². The number of phenolic OH excluding ortho intramolecular Hbond substituents is 1. The number of carbonyl (C=O) groups is 1. The second-order valence-electron chi connectivity index (χ2n) is 9.38. The third-order valence-corrected chi connectivity index (χ3v) is 7.62. The van der Waals surface area contributed by atoms with Crippen molar-refractivity contribution >= 4 is 22.8 Å². The van der Waals surface area contributed by atoms with E-state index >= 15 is 0 Å². The highest BCUT2D eigenvalue weighted by molar-refractivity contribution is 5.97. The lowest BCUT2D eigenvalue weighted by Gasteiger charge is -2.43. The van der Waals surface area contributed by atoms with Gasteiger partial charge in [0.1, 0.15) is 11.6 Å². The van der Waals surface area contributed by atoms with E-state index in [4.69, 9.17) is 5.73 Å². The monoisotopic (exact) mass is 442 g/mol. The average Bonchev–Trinajstić information content (AvgIpc) is 3.14. The number of piperidine rings is 1. The Hall–Kier alpha value is -3.54. The van der Waals surface area contributed by atoms with Gasteiger partial charge in [-0.15, -0.1) is 0 Å². The second-order valence-corrected chi connectivity index (χ2v) is 9.38. The number of nitrogen functional groups attached to an aromatic ring is 1. The Bertz CT molecular complexity index is 1260. The molecule has 2 aromatic heterocycles. The van der Waals surface area contributed by atoms with E-state index in [0.717, 1.165) is 67.5 Å². The van der Waals surface area contributed by atoms with Crippen LogP contribution >= 0.6 is 0 Å². The molecule has 0 saturated carbocycles. The van der Waals surface area contributed by atoms with Crippen molar-refractivity contribution in [3.63, 3.8) is 0 Å². The van der Waals surface area contributed by atoms with Gasteiger partial charge in [-0.3, -0.25) is 4.79 Å². The van der Waals surface area contributed by atoms with E-state index < -0.39 is 0 Å². The maximum absolute atomic E-state index is 12.0. The molecule has 1 aliphatic heterocycles. The van der Waals surface area contributed by atoms with E-state index in [2.05, 4.69) is 29.0 Å². The first-order chi connectivity index (χ1) is 15.9. The molecular weight excluding hydrogens is 412 g/mol. The number of nitrogens with two attached hydrogens (primary N) is 1. The number of amides is 1. The predicted octanol–water partition coefficient (Wildman–Crippen LogP) is 4.96. The largest absolute Gasteiger partial charge is 0.508 e. The highest BCUT2D eigenvalue weighted by Gasteiger charge is 2.37. The van der Waals surface area contributed by atoms with Crippen LogP contribution in [0.1, 0.15) is 43.4 Å². The Morgan fingerprint density at radius 3 is 2.55 bits per heavy atom. The number of hydrogen-bond acceptors (Lipinski definition) is 4. The summed E-state index contributed by atoms with van der Waals surface area (Å²) in [7, 11) is 0. The summed E-state index contributed by atoms with van der Waals surface area (Å²) in [6.45, 7) is 7.38. The van der Waals surface area contributed by atoms with E-state index in [-0.39, 0.29) is 17.1 Å². The van der Waals surface area contributed by atoms with Gasteiger partial charge in [0, 0.05) is 42.3 Å². The predicted molar refractivity (Wildman–Crippen MR) is 132 cm³/mol. The van der Waals surface area contributed by atoms with E-state index in [9.17, 15) is 9.90 Å². The number of phenols is 1. The molecule has 6 nitrogen and oxygen atoms in total. The van der Waals surface area contributed by atoms with Gasteiger partial charge >= 0.3 is 0 Å². The fourth-order valence-electron chi connectivity index (χ4n) is 5.64. The molecule has 1 saturated heterocycles. The zero-order valence-electron chi connectivity index (χ0n) is 19.1. The molecule has 3 heterocycles.